The Kier molecular flexibility index (Phi) is 12.7. The van der Waals surface area contributed by atoms with Crippen LogP contribution in [-0.4, -0.2) is 88.0 Å². The third-order valence-corrected chi connectivity index (χ3v) is 7.69. The molecule has 4 atom stereocenters. The van der Waals surface area contributed by atoms with Crippen LogP contribution in [0.15, 0.2) is 42.5 Å². The second-order valence-corrected chi connectivity index (χ2v) is 11.1. The van der Waals surface area contributed by atoms with Crippen LogP contribution >= 0.6 is 11.6 Å². The number of hydrogen-bond donors (Lipinski definition) is 6. The monoisotopic (exact) mass is 644 g/mol. The molecule has 14 nitrogen and oxygen atoms in total. The van der Waals surface area contributed by atoms with Gasteiger partial charge in [0.1, 0.15) is 30.0 Å². The van der Waals surface area contributed by atoms with Crippen molar-refractivity contribution in [1.29, 1.82) is 0 Å². The first-order valence-electron chi connectivity index (χ1n) is 14.4. The van der Waals surface area contributed by atoms with E-state index in [0.717, 1.165) is 10.8 Å². The molecule has 1 fully saturated rings. The number of carboxylic acids is 1. The highest BCUT2D eigenvalue weighted by Gasteiger charge is 2.38. The van der Waals surface area contributed by atoms with Gasteiger partial charge in [0, 0.05) is 19.4 Å². The van der Waals surface area contributed by atoms with Crippen molar-refractivity contribution in [2.75, 3.05) is 12.4 Å². The smallest absolute Gasteiger partial charge is 0.305 e. The number of amides is 6. The molecule has 0 radical (unpaired) electrons. The number of nitrogens with one attached hydrogen (secondary N) is 3. The number of benzene rings is 2. The average Bonchev–Trinajstić information content (AvgIpc) is 3.01. The van der Waals surface area contributed by atoms with Gasteiger partial charge in [-0.2, -0.15) is 0 Å². The van der Waals surface area contributed by atoms with E-state index >= 15 is 0 Å². The second kappa shape index (κ2) is 16.4. The Hall–Kier alpha value is -4.72. The maximum atomic E-state index is 13.7. The summed E-state index contributed by atoms with van der Waals surface area (Å²) in [4.78, 5) is 88.6. The number of rotatable bonds is 15. The molecule has 0 saturated carbocycles. The molecule has 1 heterocycles. The zero-order valence-corrected chi connectivity index (χ0v) is 25.3. The molecule has 2 aromatic rings. The molecule has 0 aromatic heterocycles. The van der Waals surface area contributed by atoms with Crippen LogP contribution in [0.1, 0.15) is 44.1 Å². The number of alkyl halides is 1. The minimum absolute atomic E-state index is 0.00219. The molecule has 1 aliphatic heterocycles. The lowest BCUT2D eigenvalue weighted by molar-refractivity contribution is -0.148. The Morgan fingerprint density at radius 1 is 0.911 bits per heavy atom. The van der Waals surface area contributed by atoms with Crippen molar-refractivity contribution < 1.29 is 38.7 Å². The van der Waals surface area contributed by atoms with Crippen molar-refractivity contribution in [3.63, 3.8) is 0 Å². The van der Waals surface area contributed by atoms with Gasteiger partial charge in [0.15, 0.2) is 0 Å². The van der Waals surface area contributed by atoms with Gasteiger partial charge < -0.3 is 37.4 Å². The zero-order chi connectivity index (χ0) is 33.1. The predicted molar refractivity (Wildman–Crippen MR) is 163 cm³/mol. The Morgan fingerprint density at radius 3 is 2.27 bits per heavy atom. The summed E-state index contributed by atoms with van der Waals surface area (Å²) in [6.07, 6.45) is 0.228. The minimum Gasteiger partial charge on any atom is -0.481 e. The number of hydrogen-bond acceptors (Lipinski definition) is 7. The molecule has 0 aliphatic carbocycles. The Labute approximate surface area is 264 Å². The van der Waals surface area contributed by atoms with E-state index in [9.17, 15) is 38.7 Å². The molecule has 2 aromatic carbocycles. The average molecular weight is 645 g/mol. The fourth-order valence-corrected chi connectivity index (χ4v) is 5.28. The van der Waals surface area contributed by atoms with Crippen LogP contribution < -0.4 is 27.4 Å². The summed E-state index contributed by atoms with van der Waals surface area (Å²) >= 11 is 5.54. The molecule has 6 amide bonds. The fourth-order valence-electron chi connectivity index (χ4n) is 5.20. The van der Waals surface area contributed by atoms with Gasteiger partial charge in [-0.1, -0.05) is 42.5 Å². The molecule has 15 heteroatoms. The van der Waals surface area contributed by atoms with Crippen molar-refractivity contribution >= 4 is 63.8 Å². The number of carboxylic acid groups (broad SMARTS) is 1. The summed E-state index contributed by atoms with van der Waals surface area (Å²) in [6.45, 7) is 0.113. The van der Waals surface area contributed by atoms with Crippen molar-refractivity contribution in [1.82, 2.24) is 20.9 Å². The van der Waals surface area contributed by atoms with Gasteiger partial charge in [-0.05, 0) is 42.0 Å². The Balaban J connectivity index is 1.88. The molecule has 45 heavy (non-hydrogen) atoms. The molecular formula is C30H37ClN6O8. The standard InChI is InChI=1S/C30H37ClN6O8/c31-16-25(39)34-22(15-26(40)41)30(45)37-12-4-3-7-23(37)29(44)36-21(28(43)35-20(27(33)42)10-11-24(32)38)14-17-8-9-18-5-1-2-6-19(18)13-17/h1-2,5-6,8-9,13,20-23H,3-4,7,10-12,14-16H2,(H2,32,38)(H2,33,42)(H,34,39)(H,35,43)(H,36,44)(H,40,41)/t20?,21?,22?,23-/m0/s1. The largest absolute Gasteiger partial charge is 0.481 e. The highest BCUT2D eigenvalue weighted by molar-refractivity contribution is 6.27. The van der Waals surface area contributed by atoms with E-state index in [0.29, 0.717) is 18.4 Å². The van der Waals surface area contributed by atoms with Gasteiger partial charge in [-0.25, -0.2) is 0 Å². The number of carbonyl (C=O) groups excluding carboxylic acids is 6. The molecule has 1 aliphatic rings. The van der Waals surface area contributed by atoms with Crippen molar-refractivity contribution in [3.8, 4) is 0 Å². The van der Waals surface area contributed by atoms with Gasteiger partial charge in [0.05, 0.1) is 6.42 Å². The number of fused-ring (bicyclic) bond motifs is 1. The normalized spacial score (nSPS) is 16.6. The Bertz CT molecular complexity index is 1450. The summed E-state index contributed by atoms with van der Waals surface area (Å²) in [5.41, 5.74) is 11.3. The van der Waals surface area contributed by atoms with Gasteiger partial charge in [-0.3, -0.25) is 33.6 Å². The third-order valence-electron chi connectivity index (χ3n) is 7.45. The maximum Gasteiger partial charge on any atom is 0.305 e. The third kappa shape index (κ3) is 10.2. The number of nitrogens with two attached hydrogens (primary N) is 2. The number of piperidine rings is 1. The van der Waals surface area contributed by atoms with Crippen molar-refractivity contribution in [3.05, 3.63) is 48.0 Å². The summed E-state index contributed by atoms with van der Waals surface area (Å²) in [6, 6.07) is 8.04. The first-order valence-corrected chi connectivity index (χ1v) is 15.0. The van der Waals surface area contributed by atoms with E-state index < -0.39 is 77.9 Å². The van der Waals surface area contributed by atoms with Gasteiger partial charge in [0.2, 0.25) is 35.4 Å². The lowest BCUT2D eigenvalue weighted by atomic mass is 9.97. The van der Waals surface area contributed by atoms with E-state index in [4.69, 9.17) is 23.1 Å². The van der Waals surface area contributed by atoms with Gasteiger partial charge >= 0.3 is 5.97 Å². The van der Waals surface area contributed by atoms with Crippen molar-refractivity contribution in [2.45, 2.75) is 69.1 Å². The number of aliphatic carboxylic acids is 1. The topological polar surface area (TPSA) is 231 Å². The lowest BCUT2D eigenvalue weighted by Gasteiger charge is -2.37. The second-order valence-electron chi connectivity index (χ2n) is 10.8. The zero-order valence-electron chi connectivity index (χ0n) is 24.5. The van der Waals surface area contributed by atoms with Crippen LogP contribution in [0.4, 0.5) is 0 Å². The van der Waals surface area contributed by atoms with Gasteiger partial charge in [-0.15, -0.1) is 11.6 Å². The van der Waals surface area contributed by atoms with E-state index in [-0.39, 0.29) is 32.2 Å². The molecule has 1 saturated heterocycles. The molecule has 8 N–H and O–H groups in total. The molecule has 0 bridgehead atoms. The Morgan fingerprint density at radius 2 is 1.62 bits per heavy atom. The SMILES string of the molecule is NC(=O)CCC(NC(=O)C(Cc1ccc2ccccc2c1)NC(=O)[C@@H]1CCCCN1C(=O)C(CC(=O)O)NC(=O)CCl)C(N)=O. The first kappa shape index (κ1) is 34.8. The molecule has 242 valence electrons. The van der Waals surface area contributed by atoms with Crippen LogP contribution in [0.2, 0.25) is 0 Å². The number of primary amides is 2. The molecule has 3 unspecified atom stereocenters. The van der Waals surface area contributed by atoms with E-state index in [1.807, 2.05) is 36.4 Å². The number of carbonyl (C=O) groups is 7. The summed E-state index contributed by atoms with van der Waals surface area (Å²) < 4.78 is 0. The number of likely N-dealkylation sites (tertiary alicyclic amines) is 1. The first-order chi connectivity index (χ1) is 21.4. The van der Waals surface area contributed by atoms with E-state index in [1.54, 1.807) is 6.07 Å². The lowest BCUT2D eigenvalue weighted by Crippen LogP contribution is -2.60. The maximum absolute atomic E-state index is 13.7. The summed E-state index contributed by atoms with van der Waals surface area (Å²) in [5, 5.41) is 18.7. The fraction of sp³-hybridized carbons (Fsp3) is 0.433. The number of halogens is 1. The quantitative estimate of drug-likeness (QED) is 0.140. The molecule has 0 spiro atoms. The molecular weight excluding hydrogens is 608 g/mol. The predicted octanol–water partition coefficient (Wildman–Crippen LogP) is -0.318. The molecule has 3 rings (SSSR count). The van der Waals surface area contributed by atoms with E-state index in [1.165, 1.54) is 4.90 Å². The number of nitrogens with zero attached hydrogens (tertiary/aromatic N) is 1. The van der Waals surface area contributed by atoms with Crippen LogP contribution in [-0.2, 0) is 40.0 Å². The summed E-state index contributed by atoms with van der Waals surface area (Å²) in [5.74, 6) is -6.38. The van der Waals surface area contributed by atoms with Crippen molar-refractivity contribution in [2.24, 2.45) is 11.5 Å². The van der Waals surface area contributed by atoms with Crippen LogP contribution in [0.25, 0.3) is 10.8 Å². The summed E-state index contributed by atoms with van der Waals surface area (Å²) in [7, 11) is 0. The van der Waals surface area contributed by atoms with Gasteiger partial charge in [0.25, 0.3) is 0 Å². The van der Waals surface area contributed by atoms with Crippen LogP contribution in [0, 0.1) is 0 Å². The van der Waals surface area contributed by atoms with Crippen LogP contribution in [0.3, 0.4) is 0 Å². The minimum atomic E-state index is -1.46. The van der Waals surface area contributed by atoms with Crippen LogP contribution in [0.5, 0.6) is 0 Å². The highest BCUT2D eigenvalue weighted by atomic mass is 35.5. The highest BCUT2D eigenvalue weighted by Crippen LogP contribution is 2.21. The van der Waals surface area contributed by atoms with E-state index in [2.05, 4.69) is 16.0 Å².